The molecule has 2 heteroatoms. The fourth-order valence-electron chi connectivity index (χ4n) is 1.78. The van der Waals surface area contributed by atoms with Crippen molar-refractivity contribution in [3.63, 3.8) is 0 Å². The predicted octanol–water partition coefficient (Wildman–Crippen LogP) is 3.60. The minimum Gasteiger partial charge on any atom is -0.330 e. The van der Waals surface area contributed by atoms with Gasteiger partial charge < -0.3 is 5.73 Å². The molecule has 0 spiro atoms. The summed E-state index contributed by atoms with van der Waals surface area (Å²) in [5.41, 5.74) is 5.43. The van der Waals surface area contributed by atoms with Crippen LogP contribution in [0.1, 0.15) is 64.2 Å². The number of ketones is 1. The maximum Gasteiger partial charge on any atom is 0.155 e. The van der Waals surface area contributed by atoms with Gasteiger partial charge in [-0.25, -0.2) is 0 Å². The zero-order chi connectivity index (χ0) is 12.1. The average Bonchev–Trinajstić information content (AvgIpc) is 2.31. The van der Waals surface area contributed by atoms with Crippen LogP contribution in [0, 0.1) is 0 Å². The Hall–Kier alpha value is -0.630. The van der Waals surface area contributed by atoms with E-state index in [0.717, 1.165) is 13.0 Å². The summed E-state index contributed by atoms with van der Waals surface area (Å²) in [5, 5.41) is 0. The van der Waals surface area contributed by atoms with Crippen molar-refractivity contribution >= 4 is 5.78 Å². The lowest BCUT2D eigenvalue weighted by Crippen LogP contribution is -1.97. The zero-order valence-corrected chi connectivity index (χ0v) is 10.5. The molecule has 0 aliphatic rings. The normalized spacial score (nSPS) is 10.3. The Labute approximate surface area is 100 Å². The third-order valence-corrected chi connectivity index (χ3v) is 2.85. The number of allylic oxidation sites excluding steroid dienone is 1. The molecule has 16 heavy (non-hydrogen) atoms. The van der Waals surface area contributed by atoms with Gasteiger partial charge in [-0.05, 0) is 25.5 Å². The Morgan fingerprint density at radius 2 is 1.31 bits per heavy atom. The van der Waals surface area contributed by atoms with Crippen molar-refractivity contribution < 1.29 is 4.79 Å². The van der Waals surface area contributed by atoms with E-state index < -0.39 is 0 Å². The molecule has 0 unspecified atom stereocenters. The van der Waals surface area contributed by atoms with E-state index >= 15 is 0 Å². The average molecular weight is 225 g/mol. The van der Waals surface area contributed by atoms with Gasteiger partial charge in [-0.2, -0.15) is 0 Å². The van der Waals surface area contributed by atoms with Gasteiger partial charge in [-0.15, -0.1) is 0 Å². The van der Waals surface area contributed by atoms with E-state index in [1.807, 2.05) is 0 Å². The first kappa shape index (κ1) is 15.4. The zero-order valence-electron chi connectivity index (χ0n) is 10.5. The minimum absolute atomic E-state index is 0.182. The number of unbranched alkanes of at least 4 members (excludes halogenated alkanes) is 8. The van der Waals surface area contributed by atoms with Crippen molar-refractivity contribution in [2.45, 2.75) is 64.2 Å². The standard InChI is InChI=1S/C14H27NO/c1-2-14(16)12-10-8-6-4-3-5-7-9-11-13-15/h2H,1,3-13,15H2. The number of hydrogen-bond acceptors (Lipinski definition) is 2. The van der Waals surface area contributed by atoms with E-state index in [9.17, 15) is 4.79 Å². The van der Waals surface area contributed by atoms with Gasteiger partial charge in [-0.3, -0.25) is 4.79 Å². The SMILES string of the molecule is C=CC(=O)CCCCCCCCCCCN. The molecule has 0 aliphatic heterocycles. The van der Waals surface area contributed by atoms with Gasteiger partial charge in [0.25, 0.3) is 0 Å². The Morgan fingerprint density at radius 1 is 0.875 bits per heavy atom. The first-order valence-electron chi connectivity index (χ1n) is 6.66. The molecule has 0 aliphatic carbocycles. The Morgan fingerprint density at radius 3 is 1.75 bits per heavy atom. The predicted molar refractivity (Wildman–Crippen MR) is 70.4 cm³/mol. The molecule has 0 aromatic carbocycles. The summed E-state index contributed by atoms with van der Waals surface area (Å²) in [4.78, 5) is 10.9. The number of hydrogen-bond donors (Lipinski definition) is 1. The molecule has 0 aromatic rings. The lowest BCUT2D eigenvalue weighted by molar-refractivity contribution is -0.114. The summed E-state index contributed by atoms with van der Waals surface area (Å²) in [6, 6.07) is 0. The van der Waals surface area contributed by atoms with Crippen LogP contribution in [0.4, 0.5) is 0 Å². The van der Waals surface area contributed by atoms with Crippen LogP contribution < -0.4 is 5.73 Å². The highest BCUT2D eigenvalue weighted by Gasteiger charge is 1.96. The van der Waals surface area contributed by atoms with Crippen LogP contribution in [-0.4, -0.2) is 12.3 Å². The summed E-state index contributed by atoms with van der Waals surface area (Å²) in [6.07, 6.45) is 13.3. The third-order valence-electron chi connectivity index (χ3n) is 2.85. The molecule has 0 atom stereocenters. The monoisotopic (exact) mass is 225 g/mol. The van der Waals surface area contributed by atoms with E-state index in [1.165, 1.54) is 57.4 Å². The molecule has 0 bridgehead atoms. The molecule has 0 fully saturated rings. The van der Waals surface area contributed by atoms with Gasteiger partial charge in [0.2, 0.25) is 0 Å². The molecule has 2 nitrogen and oxygen atoms in total. The minimum atomic E-state index is 0.182. The molecule has 2 N–H and O–H groups in total. The maximum absolute atomic E-state index is 10.9. The fourth-order valence-corrected chi connectivity index (χ4v) is 1.78. The van der Waals surface area contributed by atoms with E-state index in [-0.39, 0.29) is 5.78 Å². The van der Waals surface area contributed by atoms with Crippen molar-refractivity contribution in [1.29, 1.82) is 0 Å². The maximum atomic E-state index is 10.9. The number of carbonyl (C=O) groups excluding carboxylic acids is 1. The second kappa shape index (κ2) is 12.4. The second-order valence-electron chi connectivity index (χ2n) is 4.39. The van der Waals surface area contributed by atoms with Crippen LogP contribution in [-0.2, 0) is 4.79 Å². The highest BCUT2D eigenvalue weighted by molar-refractivity contribution is 5.88. The quantitative estimate of drug-likeness (QED) is 0.407. The van der Waals surface area contributed by atoms with Gasteiger partial charge in [-0.1, -0.05) is 51.5 Å². The molecule has 0 amide bonds. The third kappa shape index (κ3) is 11.4. The number of nitrogens with two attached hydrogens (primary N) is 1. The molecular formula is C14H27NO. The molecule has 0 rings (SSSR count). The van der Waals surface area contributed by atoms with E-state index in [4.69, 9.17) is 5.73 Å². The number of rotatable bonds is 12. The Bertz CT molecular complexity index is 178. The van der Waals surface area contributed by atoms with Gasteiger partial charge in [0, 0.05) is 6.42 Å². The van der Waals surface area contributed by atoms with Gasteiger partial charge in [0.05, 0.1) is 0 Å². The molecule has 0 saturated carbocycles. The van der Waals surface area contributed by atoms with Crippen LogP contribution in [0.2, 0.25) is 0 Å². The highest BCUT2D eigenvalue weighted by Crippen LogP contribution is 2.10. The van der Waals surface area contributed by atoms with E-state index in [2.05, 4.69) is 6.58 Å². The van der Waals surface area contributed by atoms with Crippen molar-refractivity contribution in [3.05, 3.63) is 12.7 Å². The first-order valence-corrected chi connectivity index (χ1v) is 6.66. The molecule has 94 valence electrons. The molecule has 0 aromatic heterocycles. The van der Waals surface area contributed by atoms with Crippen LogP contribution in [0.5, 0.6) is 0 Å². The lowest BCUT2D eigenvalue weighted by Gasteiger charge is -2.01. The van der Waals surface area contributed by atoms with E-state index in [0.29, 0.717) is 6.42 Å². The van der Waals surface area contributed by atoms with Crippen LogP contribution >= 0.6 is 0 Å². The molecule has 0 saturated heterocycles. The summed E-state index contributed by atoms with van der Waals surface area (Å²) in [5.74, 6) is 0.182. The highest BCUT2D eigenvalue weighted by atomic mass is 16.1. The molecule has 0 radical (unpaired) electrons. The van der Waals surface area contributed by atoms with Crippen molar-refractivity contribution in [1.82, 2.24) is 0 Å². The smallest absolute Gasteiger partial charge is 0.155 e. The topological polar surface area (TPSA) is 43.1 Å². The Kier molecular flexibility index (Phi) is 11.9. The number of carbonyl (C=O) groups is 1. The largest absolute Gasteiger partial charge is 0.330 e. The summed E-state index contributed by atoms with van der Waals surface area (Å²) < 4.78 is 0. The van der Waals surface area contributed by atoms with Crippen molar-refractivity contribution in [2.24, 2.45) is 5.73 Å². The molecule has 0 heterocycles. The first-order chi connectivity index (χ1) is 7.81. The summed E-state index contributed by atoms with van der Waals surface area (Å²) >= 11 is 0. The van der Waals surface area contributed by atoms with Gasteiger partial charge in [0.15, 0.2) is 5.78 Å². The van der Waals surface area contributed by atoms with Gasteiger partial charge >= 0.3 is 0 Å². The summed E-state index contributed by atoms with van der Waals surface area (Å²) in [7, 11) is 0. The molecular weight excluding hydrogens is 198 g/mol. The van der Waals surface area contributed by atoms with Crippen molar-refractivity contribution in [2.75, 3.05) is 6.54 Å². The second-order valence-corrected chi connectivity index (χ2v) is 4.39. The Balaban J connectivity index is 2.98. The lowest BCUT2D eigenvalue weighted by atomic mass is 10.1. The van der Waals surface area contributed by atoms with Crippen LogP contribution in [0.15, 0.2) is 12.7 Å². The van der Waals surface area contributed by atoms with Crippen molar-refractivity contribution in [3.8, 4) is 0 Å². The van der Waals surface area contributed by atoms with Gasteiger partial charge in [0.1, 0.15) is 0 Å². The van der Waals surface area contributed by atoms with Crippen LogP contribution in [0.3, 0.4) is 0 Å². The van der Waals surface area contributed by atoms with Crippen LogP contribution in [0.25, 0.3) is 0 Å². The summed E-state index contributed by atoms with van der Waals surface area (Å²) in [6.45, 7) is 4.30. The fraction of sp³-hybridized carbons (Fsp3) is 0.786. The van der Waals surface area contributed by atoms with E-state index in [1.54, 1.807) is 0 Å².